The lowest BCUT2D eigenvalue weighted by molar-refractivity contribution is -0.121. The Labute approximate surface area is 136 Å². The summed E-state index contributed by atoms with van der Waals surface area (Å²) < 4.78 is 5.13. The number of carbonyl (C=O) groups excluding carboxylic acids is 1. The molecular weight excluding hydrogens is 308 g/mol. The van der Waals surface area contributed by atoms with E-state index in [1.54, 1.807) is 18.9 Å². The number of methoxy groups -OCH3 is 1. The molecule has 1 saturated heterocycles. The summed E-state index contributed by atoms with van der Waals surface area (Å²) in [6.07, 6.45) is 2.04. The minimum Gasteiger partial charge on any atom is -0.497 e. The van der Waals surface area contributed by atoms with E-state index in [1.807, 2.05) is 31.2 Å². The minimum absolute atomic E-state index is 0. The summed E-state index contributed by atoms with van der Waals surface area (Å²) in [7, 11) is 1.65. The van der Waals surface area contributed by atoms with E-state index in [-0.39, 0.29) is 23.6 Å². The number of amides is 1. The van der Waals surface area contributed by atoms with E-state index in [1.165, 1.54) is 0 Å². The Hall–Kier alpha value is -0.910. The van der Waals surface area contributed by atoms with Crippen molar-refractivity contribution in [3.05, 3.63) is 24.3 Å². The van der Waals surface area contributed by atoms with Crippen molar-refractivity contribution in [3.63, 3.8) is 0 Å². The van der Waals surface area contributed by atoms with Crippen LogP contribution in [0.25, 0.3) is 0 Å². The molecule has 1 unspecified atom stereocenters. The van der Waals surface area contributed by atoms with Crippen molar-refractivity contribution >= 4 is 30.1 Å². The molecular formula is C15H23ClN2O2S. The van der Waals surface area contributed by atoms with Crippen LogP contribution in [0.2, 0.25) is 0 Å². The Bertz CT molecular complexity index is 436. The average Bonchev–Trinajstić information content (AvgIpc) is 2.49. The van der Waals surface area contributed by atoms with E-state index in [0.29, 0.717) is 6.04 Å². The average molecular weight is 331 g/mol. The van der Waals surface area contributed by atoms with Crippen LogP contribution in [0.3, 0.4) is 0 Å². The molecule has 1 atom stereocenters. The molecule has 1 aliphatic rings. The molecule has 1 aromatic carbocycles. The standard InChI is InChI=1S/C15H22N2O2S.ClH/c1-11(15(18)17-12-7-9-16-10-8-12)20-14-5-3-13(19-2)4-6-14;/h3-6,11-12,16H,7-10H2,1-2H3,(H,17,18);1H. The summed E-state index contributed by atoms with van der Waals surface area (Å²) in [4.78, 5) is 13.2. The molecule has 6 heteroatoms. The molecule has 118 valence electrons. The zero-order valence-corrected chi connectivity index (χ0v) is 14.1. The van der Waals surface area contributed by atoms with Gasteiger partial charge in [-0.3, -0.25) is 4.79 Å². The number of hydrogen-bond acceptors (Lipinski definition) is 4. The number of ether oxygens (including phenoxy) is 1. The van der Waals surface area contributed by atoms with Gasteiger partial charge in [-0.1, -0.05) is 0 Å². The topological polar surface area (TPSA) is 50.4 Å². The van der Waals surface area contributed by atoms with E-state index in [2.05, 4.69) is 10.6 Å². The first-order valence-corrected chi connectivity index (χ1v) is 7.89. The highest BCUT2D eigenvalue weighted by molar-refractivity contribution is 8.00. The summed E-state index contributed by atoms with van der Waals surface area (Å²) in [6.45, 7) is 3.93. The fourth-order valence-corrected chi connectivity index (χ4v) is 3.07. The summed E-state index contributed by atoms with van der Waals surface area (Å²) >= 11 is 1.58. The highest BCUT2D eigenvalue weighted by Gasteiger charge is 2.20. The fraction of sp³-hybridized carbons (Fsp3) is 0.533. The van der Waals surface area contributed by atoms with Crippen molar-refractivity contribution in [1.29, 1.82) is 0 Å². The predicted octanol–water partition coefficient (Wildman–Crippen LogP) is 2.47. The van der Waals surface area contributed by atoms with Gasteiger partial charge in [-0.05, 0) is 57.1 Å². The Balaban J connectivity index is 0.00000220. The van der Waals surface area contributed by atoms with E-state index in [9.17, 15) is 4.79 Å². The van der Waals surface area contributed by atoms with Crippen LogP contribution in [0, 0.1) is 0 Å². The maximum absolute atomic E-state index is 12.2. The van der Waals surface area contributed by atoms with Crippen molar-refractivity contribution in [3.8, 4) is 5.75 Å². The molecule has 1 aliphatic heterocycles. The second kappa shape index (κ2) is 9.18. The van der Waals surface area contributed by atoms with Gasteiger partial charge in [0.25, 0.3) is 0 Å². The van der Waals surface area contributed by atoms with Gasteiger partial charge >= 0.3 is 0 Å². The van der Waals surface area contributed by atoms with Gasteiger partial charge in [-0.25, -0.2) is 0 Å². The third kappa shape index (κ3) is 5.77. The molecule has 0 spiro atoms. The highest BCUT2D eigenvalue weighted by atomic mass is 35.5. The number of hydrogen-bond donors (Lipinski definition) is 2. The van der Waals surface area contributed by atoms with Crippen LogP contribution in [0.1, 0.15) is 19.8 Å². The number of halogens is 1. The number of thioether (sulfide) groups is 1. The monoisotopic (exact) mass is 330 g/mol. The number of piperidine rings is 1. The number of nitrogens with one attached hydrogen (secondary N) is 2. The van der Waals surface area contributed by atoms with Gasteiger partial charge in [-0.15, -0.1) is 24.2 Å². The van der Waals surface area contributed by atoms with E-state index in [0.717, 1.165) is 36.6 Å². The van der Waals surface area contributed by atoms with Gasteiger partial charge in [0.2, 0.25) is 5.91 Å². The second-order valence-electron chi connectivity index (χ2n) is 4.97. The van der Waals surface area contributed by atoms with Gasteiger partial charge in [-0.2, -0.15) is 0 Å². The zero-order chi connectivity index (χ0) is 14.4. The molecule has 1 heterocycles. The molecule has 0 radical (unpaired) electrons. The minimum atomic E-state index is -0.0849. The number of carbonyl (C=O) groups is 1. The van der Waals surface area contributed by atoms with Crippen molar-refractivity contribution < 1.29 is 9.53 Å². The predicted molar refractivity (Wildman–Crippen MR) is 89.6 cm³/mol. The highest BCUT2D eigenvalue weighted by Crippen LogP contribution is 2.25. The Kier molecular flexibility index (Phi) is 7.93. The lowest BCUT2D eigenvalue weighted by Gasteiger charge is -2.25. The van der Waals surface area contributed by atoms with Crippen LogP contribution in [-0.4, -0.2) is 37.4 Å². The van der Waals surface area contributed by atoms with Crippen LogP contribution >= 0.6 is 24.2 Å². The Morgan fingerprint density at radius 3 is 2.52 bits per heavy atom. The molecule has 2 rings (SSSR count). The van der Waals surface area contributed by atoms with Crippen LogP contribution in [0.5, 0.6) is 5.75 Å². The molecule has 0 aromatic heterocycles. The molecule has 0 saturated carbocycles. The van der Waals surface area contributed by atoms with Gasteiger partial charge in [0.05, 0.1) is 12.4 Å². The van der Waals surface area contributed by atoms with Crippen molar-refractivity contribution in [2.75, 3.05) is 20.2 Å². The lowest BCUT2D eigenvalue weighted by Crippen LogP contribution is -2.45. The first-order chi connectivity index (χ1) is 9.69. The first-order valence-electron chi connectivity index (χ1n) is 7.01. The molecule has 1 fully saturated rings. The van der Waals surface area contributed by atoms with E-state index < -0.39 is 0 Å². The van der Waals surface area contributed by atoms with Crippen LogP contribution < -0.4 is 15.4 Å². The molecule has 4 nitrogen and oxygen atoms in total. The third-order valence-electron chi connectivity index (χ3n) is 3.43. The molecule has 0 bridgehead atoms. The van der Waals surface area contributed by atoms with Crippen LogP contribution in [0.15, 0.2) is 29.2 Å². The van der Waals surface area contributed by atoms with Crippen LogP contribution in [0.4, 0.5) is 0 Å². The first kappa shape index (κ1) is 18.1. The fourth-order valence-electron chi connectivity index (χ4n) is 2.20. The van der Waals surface area contributed by atoms with Gasteiger partial charge in [0.1, 0.15) is 5.75 Å². The molecule has 2 N–H and O–H groups in total. The van der Waals surface area contributed by atoms with E-state index >= 15 is 0 Å². The van der Waals surface area contributed by atoms with Gasteiger partial charge in [0, 0.05) is 10.9 Å². The van der Waals surface area contributed by atoms with Crippen molar-refractivity contribution in [2.45, 2.75) is 36.0 Å². The molecule has 0 aliphatic carbocycles. The maximum atomic E-state index is 12.2. The van der Waals surface area contributed by atoms with Crippen LogP contribution in [-0.2, 0) is 4.79 Å². The smallest absolute Gasteiger partial charge is 0.233 e. The number of benzene rings is 1. The maximum Gasteiger partial charge on any atom is 0.233 e. The van der Waals surface area contributed by atoms with Crippen molar-refractivity contribution in [1.82, 2.24) is 10.6 Å². The summed E-state index contributed by atoms with van der Waals surface area (Å²) in [5.74, 6) is 0.957. The summed E-state index contributed by atoms with van der Waals surface area (Å²) in [5, 5.41) is 6.35. The normalized spacial score (nSPS) is 16.7. The number of rotatable bonds is 5. The Morgan fingerprint density at radius 1 is 1.33 bits per heavy atom. The summed E-state index contributed by atoms with van der Waals surface area (Å²) in [6, 6.07) is 8.12. The quantitative estimate of drug-likeness (QED) is 0.814. The molecule has 21 heavy (non-hydrogen) atoms. The largest absolute Gasteiger partial charge is 0.497 e. The van der Waals surface area contributed by atoms with Crippen molar-refractivity contribution in [2.24, 2.45) is 0 Å². The van der Waals surface area contributed by atoms with Gasteiger partial charge < -0.3 is 15.4 Å². The van der Waals surface area contributed by atoms with Gasteiger partial charge in [0.15, 0.2) is 0 Å². The Morgan fingerprint density at radius 2 is 1.95 bits per heavy atom. The SMILES string of the molecule is COc1ccc(SC(C)C(=O)NC2CCNCC2)cc1.Cl. The lowest BCUT2D eigenvalue weighted by atomic mass is 10.1. The zero-order valence-electron chi connectivity index (χ0n) is 12.4. The molecule has 1 aromatic rings. The second-order valence-corrected chi connectivity index (χ2v) is 6.38. The third-order valence-corrected chi connectivity index (χ3v) is 4.54. The van der Waals surface area contributed by atoms with E-state index in [4.69, 9.17) is 4.74 Å². The summed E-state index contributed by atoms with van der Waals surface area (Å²) in [5.41, 5.74) is 0. The molecule has 1 amide bonds.